The van der Waals surface area contributed by atoms with E-state index in [1.165, 1.54) is 5.56 Å². The van der Waals surface area contributed by atoms with E-state index in [2.05, 4.69) is 17.1 Å². The van der Waals surface area contributed by atoms with Crippen molar-refractivity contribution < 1.29 is 4.74 Å². The number of methoxy groups -OCH3 is 1. The summed E-state index contributed by atoms with van der Waals surface area (Å²) in [6.45, 7) is 0.570. The predicted octanol–water partition coefficient (Wildman–Crippen LogP) is 2.20. The summed E-state index contributed by atoms with van der Waals surface area (Å²) in [6, 6.07) is 8.05. The lowest BCUT2D eigenvalue weighted by Crippen LogP contribution is -1.91. The molecular weight excluding hydrogens is 220 g/mol. The van der Waals surface area contributed by atoms with Crippen LogP contribution in [0.25, 0.3) is 0 Å². The van der Waals surface area contributed by atoms with Crippen molar-refractivity contribution in [1.29, 1.82) is 0 Å². The van der Waals surface area contributed by atoms with Gasteiger partial charge < -0.3 is 10.5 Å². The topological polar surface area (TPSA) is 48.1 Å². The van der Waals surface area contributed by atoms with E-state index in [-0.39, 0.29) is 0 Å². The lowest BCUT2D eigenvalue weighted by atomic mass is 10.1. The van der Waals surface area contributed by atoms with Crippen molar-refractivity contribution >= 4 is 11.3 Å². The predicted molar refractivity (Wildman–Crippen MR) is 65.8 cm³/mol. The molecule has 4 heteroatoms. The lowest BCUT2D eigenvalue weighted by Gasteiger charge is -2.01. The van der Waals surface area contributed by atoms with Gasteiger partial charge in [-0.15, -0.1) is 11.3 Å². The van der Waals surface area contributed by atoms with Crippen LogP contribution in [0.3, 0.4) is 0 Å². The van der Waals surface area contributed by atoms with Crippen molar-refractivity contribution in [2.24, 2.45) is 5.73 Å². The number of nitrogens with two attached hydrogens (primary N) is 1. The molecular formula is C12H14N2OS. The number of aromatic nitrogens is 1. The molecule has 0 saturated heterocycles. The number of nitrogens with zero attached hydrogens (tertiary/aromatic N) is 1. The second-order valence-electron chi connectivity index (χ2n) is 3.45. The average Bonchev–Trinajstić information content (AvgIpc) is 2.78. The van der Waals surface area contributed by atoms with E-state index in [9.17, 15) is 0 Å². The van der Waals surface area contributed by atoms with E-state index < -0.39 is 0 Å². The Bertz CT molecular complexity index is 450. The minimum atomic E-state index is 0.570. The Morgan fingerprint density at radius 3 is 2.62 bits per heavy atom. The number of thiazole rings is 1. The van der Waals surface area contributed by atoms with Gasteiger partial charge >= 0.3 is 0 Å². The van der Waals surface area contributed by atoms with Gasteiger partial charge in [-0.2, -0.15) is 0 Å². The Hall–Kier alpha value is -1.39. The zero-order chi connectivity index (χ0) is 11.4. The molecule has 0 fully saturated rings. The third-order valence-corrected chi connectivity index (χ3v) is 3.34. The van der Waals surface area contributed by atoms with Gasteiger partial charge in [0.15, 0.2) is 0 Å². The summed E-state index contributed by atoms with van der Waals surface area (Å²) in [4.78, 5) is 5.46. The van der Waals surface area contributed by atoms with Crippen LogP contribution in [0.1, 0.15) is 15.4 Å². The molecule has 0 saturated carbocycles. The molecule has 0 atom stereocenters. The molecule has 0 aliphatic heterocycles. The molecule has 1 heterocycles. The molecule has 0 amide bonds. The molecule has 0 aliphatic rings. The zero-order valence-corrected chi connectivity index (χ0v) is 9.96. The first-order valence-electron chi connectivity index (χ1n) is 5.08. The minimum Gasteiger partial charge on any atom is -0.497 e. The van der Waals surface area contributed by atoms with Crippen molar-refractivity contribution in [2.45, 2.75) is 13.0 Å². The average molecular weight is 234 g/mol. The Morgan fingerprint density at radius 1 is 1.31 bits per heavy atom. The van der Waals surface area contributed by atoms with Gasteiger partial charge in [0.2, 0.25) is 0 Å². The fourth-order valence-corrected chi connectivity index (χ4v) is 2.28. The first-order valence-corrected chi connectivity index (χ1v) is 5.90. The van der Waals surface area contributed by atoms with Crippen LogP contribution < -0.4 is 10.5 Å². The van der Waals surface area contributed by atoms with Gasteiger partial charge in [-0.3, -0.25) is 0 Å². The highest BCUT2D eigenvalue weighted by molar-refractivity contribution is 7.11. The quantitative estimate of drug-likeness (QED) is 0.882. The van der Waals surface area contributed by atoms with Gasteiger partial charge in [-0.25, -0.2) is 4.98 Å². The van der Waals surface area contributed by atoms with Crippen LogP contribution in [0.15, 0.2) is 30.5 Å². The molecule has 0 spiro atoms. The number of hydrogen-bond donors (Lipinski definition) is 1. The van der Waals surface area contributed by atoms with Crippen LogP contribution in [0.2, 0.25) is 0 Å². The second-order valence-corrected chi connectivity index (χ2v) is 4.65. The maximum atomic E-state index is 5.55. The van der Waals surface area contributed by atoms with Gasteiger partial charge in [0.1, 0.15) is 5.75 Å². The number of rotatable bonds is 4. The maximum Gasteiger partial charge on any atom is 0.118 e. The van der Waals surface area contributed by atoms with Crippen LogP contribution in [-0.2, 0) is 13.0 Å². The van der Waals surface area contributed by atoms with Gasteiger partial charge in [0, 0.05) is 24.0 Å². The van der Waals surface area contributed by atoms with Crippen LogP contribution in [0.5, 0.6) is 5.75 Å². The second kappa shape index (κ2) is 5.09. The molecule has 1 aromatic heterocycles. The highest BCUT2D eigenvalue weighted by atomic mass is 32.1. The molecule has 2 rings (SSSR count). The lowest BCUT2D eigenvalue weighted by molar-refractivity contribution is 0.414. The minimum absolute atomic E-state index is 0.570. The van der Waals surface area contributed by atoms with Gasteiger partial charge in [-0.1, -0.05) is 12.1 Å². The van der Waals surface area contributed by atoms with E-state index in [0.717, 1.165) is 22.1 Å². The maximum absolute atomic E-state index is 5.55. The van der Waals surface area contributed by atoms with E-state index in [1.54, 1.807) is 18.4 Å². The zero-order valence-electron chi connectivity index (χ0n) is 9.14. The standard InChI is InChI=1S/C12H14N2OS/c1-15-10-4-2-9(3-5-10)6-12-14-8-11(7-13)16-12/h2-5,8H,6-7,13H2,1H3. The summed E-state index contributed by atoms with van der Waals surface area (Å²) >= 11 is 1.67. The van der Waals surface area contributed by atoms with Gasteiger partial charge in [0.25, 0.3) is 0 Å². The number of hydrogen-bond acceptors (Lipinski definition) is 4. The van der Waals surface area contributed by atoms with Crippen molar-refractivity contribution in [3.63, 3.8) is 0 Å². The summed E-state index contributed by atoms with van der Waals surface area (Å²) < 4.78 is 5.11. The summed E-state index contributed by atoms with van der Waals surface area (Å²) in [5, 5.41) is 1.10. The molecule has 0 radical (unpaired) electrons. The largest absolute Gasteiger partial charge is 0.497 e. The summed E-state index contributed by atoms with van der Waals surface area (Å²) in [5.41, 5.74) is 6.78. The molecule has 3 nitrogen and oxygen atoms in total. The number of benzene rings is 1. The van der Waals surface area contributed by atoms with E-state index in [4.69, 9.17) is 10.5 Å². The van der Waals surface area contributed by atoms with E-state index in [0.29, 0.717) is 6.54 Å². The SMILES string of the molecule is COc1ccc(Cc2ncc(CN)s2)cc1. The summed E-state index contributed by atoms with van der Waals surface area (Å²) in [7, 11) is 1.67. The molecule has 0 bridgehead atoms. The molecule has 1 aromatic carbocycles. The molecule has 16 heavy (non-hydrogen) atoms. The molecule has 0 unspecified atom stereocenters. The van der Waals surface area contributed by atoms with Crippen molar-refractivity contribution in [3.05, 3.63) is 45.9 Å². The van der Waals surface area contributed by atoms with Crippen LogP contribution in [0, 0.1) is 0 Å². The summed E-state index contributed by atoms with van der Waals surface area (Å²) in [5.74, 6) is 0.880. The van der Waals surface area contributed by atoms with Gasteiger partial charge in [-0.05, 0) is 17.7 Å². The molecule has 2 aromatic rings. The third kappa shape index (κ3) is 2.59. The molecule has 0 aliphatic carbocycles. The Kier molecular flexibility index (Phi) is 3.54. The van der Waals surface area contributed by atoms with Crippen molar-refractivity contribution in [1.82, 2.24) is 4.98 Å². The van der Waals surface area contributed by atoms with E-state index in [1.807, 2.05) is 18.3 Å². The van der Waals surface area contributed by atoms with Gasteiger partial charge in [0.05, 0.1) is 12.1 Å². The smallest absolute Gasteiger partial charge is 0.118 e. The van der Waals surface area contributed by atoms with Crippen LogP contribution in [0.4, 0.5) is 0 Å². The fourth-order valence-electron chi connectivity index (χ4n) is 1.44. The Morgan fingerprint density at radius 2 is 2.06 bits per heavy atom. The van der Waals surface area contributed by atoms with E-state index >= 15 is 0 Å². The highest BCUT2D eigenvalue weighted by Gasteiger charge is 2.02. The highest BCUT2D eigenvalue weighted by Crippen LogP contribution is 2.18. The monoisotopic (exact) mass is 234 g/mol. The fraction of sp³-hybridized carbons (Fsp3) is 0.250. The van der Waals surface area contributed by atoms with Crippen LogP contribution in [-0.4, -0.2) is 12.1 Å². The van der Waals surface area contributed by atoms with Crippen LogP contribution >= 0.6 is 11.3 Å². The third-order valence-electron chi connectivity index (χ3n) is 2.32. The Labute approximate surface area is 98.9 Å². The first-order chi connectivity index (χ1) is 7.81. The normalized spacial score (nSPS) is 10.4. The molecule has 2 N–H and O–H groups in total. The summed E-state index contributed by atoms with van der Waals surface area (Å²) in [6.07, 6.45) is 2.71. The Balaban J connectivity index is 2.08. The number of ether oxygens (including phenoxy) is 1. The van der Waals surface area contributed by atoms with Crippen molar-refractivity contribution in [3.8, 4) is 5.75 Å². The van der Waals surface area contributed by atoms with Crippen molar-refractivity contribution in [2.75, 3.05) is 7.11 Å². The molecule has 84 valence electrons. The first kappa shape index (κ1) is 11.1.